The van der Waals surface area contributed by atoms with Gasteiger partial charge in [-0.25, -0.2) is 9.78 Å². The number of anilines is 1. The van der Waals surface area contributed by atoms with Crippen LogP contribution in [0, 0.1) is 0 Å². The van der Waals surface area contributed by atoms with Crippen LogP contribution in [0.5, 0.6) is 0 Å². The number of fused-ring (bicyclic) bond motifs is 1. The standard InChI is InChI=1S/C13H16N4O3/c1-2-3-7-20-13(19)17-12-15-9-6-4-5-8(11(14)18)10(9)16-12/h4-6H,2-3,7H2,1H3,(H2,14,18)(H2,15,16,17,19). The number of ether oxygens (including phenoxy) is 1. The fraction of sp³-hybridized carbons (Fsp3) is 0.308. The second-order valence-corrected chi connectivity index (χ2v) is 4.27. The Balaban J connectivity index is 2.14. The molecule has 0 aliphatic heterocycles. The van der Waals surface area contributed by atoms with Gasteiger partial charge in [0.1, 0.15) is 5.52 Å². The first-order valence-electron chi connectivity index (χ1n) is 6.34. The highest BCUT2D eigenvalue weighted by atomic mass is 16.5. The number of carbonyl (C=O) groups excluding carboxylic acids is 2. The van der Waals surface area contributed by atoms with Gasteiger partial charge in [-0.3, -0.25) is 10.1 Å². The molecule has 0 unspecified atom stereocenters. The number of nitrogens with one attached hydrogen (secondary N) is 2. The summed E-state index contributed by atoms with van der Waals surface area (Å²) in [7, 11) is 0. The largest absolute Gasteiger partial charge is 0.449 e. The van der Waals surface area contributed by atoms with Gasteiger partial charge in [-0.2, -0.15) is 0 Å². The minimum absolute atomic E-state index is 0.218. The van der Waals surface area contributed by atoms with E-state index < -0.39 is 12.0 Å². The number of H-pyrrole nitrogens is 1. The number of rotatable bonds is 5. The van der Waals surface area contributed by atoms with Crippen molar-refractivity contribution < 1.29 is 14.3 Å². The number of hydrogen-bond acceptors (Lipinski definition) is 4. The van der Waals surface area contributed by atoms with E-state index in [1.54, 1.807) is 18.2 Å². The molecule has 2 aromatic rings. The Labute approximate surface area is 115 Å². The van der Waals surface area contributed by atoms with Crippen LogP contribution in [-0.2, 0) is 4.74 Å². The molecule has 0 bridgehead atoms. The molecule has 0 saturated carbocycles. The summed E-state index contributed by atoms with van der Waals surface area (Å²) >= 11 is 0. The Kier molecular flexibility index (Phi) is 4.19. The monoisotopic (exact) mass is 276 g/mol. The van der Waals surface area contributed by atoms with Crippen LogP contribution < -0.4 is 11.1 Å². The number of para-hydroxylation sites is 1. The number of nitrogens with two attached hydrogens (primary N) is 1. The van der Waals surface area contributed by atoms with Crippen LogP contribution in [0.3, 0.4) is 0 Å². The number of aromatic amines is 1. The minimum atomic E-state index is -0.585. The summed E-state index contributed by atoms with van der Waals surface area (Å²) in [6.45, 7) is 2.36. The van der Waals surface area contributed by atoms with E-state index in [1.807, 2.05) is 6.92 Å². The van der Waals surface area contributed by atoms with Crippen molar-refractivity contribution in [2.75, 3.05) is 11.9 Å². The molecule has 0 aliphatic rings. The molecule has 1 aromatic carbocycles. The third-order valence-corrected chi connectivity index (χ3v) is 2.73. The molecule has 20 heavy (non-hydrogen) atoms. The molecule has 2 amide bonds. The highest BCUT2D eigenvalue weighted by Crippen LogP contribution is 2.18. The first kappa shape index (κ1) is 13.9. The van der Waals surface area contributed by atoms with E-state index in [9.17, 15) is 9.59 Å². The third kappa shape index (κ3) is 3.05. The number of amides is 2. The maximum Gasteiger partial charge on any atom is 0.413 e. The molecule has 0 saturated heterocycles. The van der Waals surface area contributed by atoms with Gasteiger partial charge in [0.25, 0.3) is 5.91 Å². The van der Waals surface area contributed by atoms with Crippen LogP contribution in [0.4, 0.5) is 10.7 Å². The van der Waals surface area contributed by atoms with Crippen molar-refractivity contribution in [3.8, 4) is 0 Å². The molecule has 0 fully saturated rings. The molecule has 4 N–H and O–H groups in total. The number of aromatic nitrogens is 2. The fourth-order valence-corrected chi connectivity index (χ4v) is 1.73. The lowest BCUT2D eigenvalue weighted by molar-refractivity contribution is 0.100. The summed E-state index contributed by atoms with van der Waals surface area (Å²) < 4.78 is 4.96. The van der Waals surface area contributed by atoms with E-state index >= 15 is 0 Å². The van der Waals surface area contributed by atoms with E-state index in [1.165, 1.54) is 0 Å². The maximum absolute atomic E-state index is 11.5. The van der Waals surface area contributed by atoms with Crippen LogP contribution in [-0.4, -0.2) is 28.6 Å². The lowest BCUT2D eigenvalue weighted by atomic mass is 10.2. The molecule has 0 atom stereocenters. The van der Waals surface area contributed by atoms with E-state index in [4.69, 9.17) is 10.5 Å². The molecule has 7 nitrogen and oxygen atoms in total. The second-order valence-electron chi connectivity index (χ2n) is 4.27. The maximum atomic E-state index is 11.5. The van der Waals surface area contributed by atoms with Crippen LogP contribution in [0.2, 0.25) is 0 Å². The highest BCUT2D eigenvalue weighted by molar-refractivity contribution is 6.04. The van der Waals surface area contributed by atoms with Gasteiger partial charge in [-0.05, 0) is 18.6 Å². The Morgan fingerprint density at radius 1 is 1.45 bits per heavy atom. The van der Waals surface area contributed by atoms with Crippen molar-refractivity contribution in [2.45, 2.75) is 19.8 Å². The molecule has 0 radical (unpaired) electrons. The van der Waals surface area contributed by atoms with Gasteiger partial charge in [-0.15, -0.1) is 0 Å². The molecule has 0 spiro atoms. The zero-order valence-electron chi connectivity index (χ0n) is 11.1. The Hall–Kier alpha value is -2.57. The number of nitrogens with zero attached hydrogens (tertiary/aromatic N) is 1. The average molecular weight is 276 g/mol. The normalized spacial score (nSPS) is 10.4. The second kappa shape index (κ2) is 6.05. The van der Waals surface area contributed by atoms with E-state index in [-0.39, 0.29) is 5.95 Å². The summed E-state index contributed by atoms with van der Waals surface area (Å²) in [6, 6.07) is 5.00. The van der Waals surface area contributed by atoms with Crippen LogP contribution in [0.1, 0.15) is 30.1 Å². The molecule has 1 heterocycles. The molecule has 106 valence electrons. The van der Waals surface area contributed by atoms with Gasteiger partial charge >= 0.3 is 6.09 Å². The van der Waals surface area contributed by atoms with Gasteiger partial charge in [-0.1, -0.05) is 19.4 Å². The summed E-state index contributed by atoms with van der Waals surface area (Å²) in [5.41, 5.74) is 6.60. The zero-order chi connectivity index (χ0) is 14.5. The molecule has 0 aliphatic carbocycles. The molecule has 1 aromatic heterocycles. The topological polar surface area (TPSA) is 110 Å². The Morgan fingerprint density at radius 3 is 2.95 bits per heavy atom. The summed E-state index contributed by atoms with van der Waals surface area (Å²) in [5, 5.41) is 2.48. The summed E-state index contributed by atoms with van der Waals surface area (Å²) in [5.74, 6) is -0.352. The van der Waals surface area contributed by atoms with Crippen LogP contribution in [0.25, 0.3) is 11.0 Å². The number of carbonyl (C=O) groups is 2. The van der Waals surface area contributed by atoms with Crippen LogP contribution >= 0.6 is 0 Å². The Morgan fingerprint density at radius 2 is 2.25 bits per heavy atom. The Bertz CT molecular complexity index is 636. The van der Waals surface area contributed by atoms with Crippen molar-refractivity contribution in [3.63, 3.8) is 0 Å². The number of benzene rings is 1. The summed E-state index contributed by atoms with van der Waals surface area (Å²) in [4.78, 5) is 29.8. The predicted octanol–water partition coefficient (Wildman–Crippen LogP) is 2.01. The van der Waals surface area contributed by atoms with Gasteiger partial charge in [0.2, 0.25) is 5.95 Å². The minimum Gasteiger partial charge on any atom is -0.449 e. The fourth-order valence-electron chi connectivity index (χ4n) is 1.73. The number of unbranched alkanes of at least 4 members (excludes halogenated alkanes) is 1. The predicted molar refractivity (Wildman–Crippen MR) is 74.5 cm³/mol. The van der Waals surface area contributed by atoms with Gasteiger partial charge in [0, 0.05) is 0 Å². The van der Waals surface area contributed by atoms with E-state index in [0.717, 1.165) is 12.8 Å². The molecular weight excluding hydrogens is 260 g/mol. The smallest absolute Gasteiger partial charge is 0.413 e. The average Bonchev–Trinajstić information content (AvgIpc) is 2.80. The molecule has 7 heteroatoms. The third-order valence-electron chi connectivity index (χ3n) is 2.73. The number of imidazole rings is 1. The van der Waals surface area contributed by atoms with E-state index in [2.05, 4.69) is 15.3 Å². The van der Waals surface area contributed by atoms with Gasteiger partial charge < -0.3 is 15.5 Å². The lowest BCUT2D eigenvalue weighted by Gasteiger charge is -2.03. The SMILES string of the molecule is CCCCOC(=O)Nc1nc2c(C(N)=O)cccc2[nH]1. The van der Waals surface area contributed by atoms with Gasteiger partial charge in [0.15, 0.2) is 0 Å². The number of hydrogen-bond donors (Lipinski definition) is 3. The van der Waals surface area contributed by atoms with Crippen LogP contribution in [0.15, 0.2) is 18.2 Å². The zero-order valence-corrected chi connectivity index (χ0v) is 11.1. The van der Waals surface area contributed by atoms with Gasteiger partial charge in [0.05, 0.1) is 17.7 Å². The van der Waals surface area contributed by atoms with Crippen molar-refractivity contribution in [1.29, 1.82) is 0 Å². The lowest BCUT2D eigenvalue weighted by Crippen LogP contribution is -2.15. The van der Waals surface area contributed by atoms with Crippen molar-refractivity contribution in [1.82, 2.24) is 9.97 Å². The number of primary amides is 1. The summed E-state index contributed by atoms with van der Waals surface area (Å²) in [6.07, 6.45) is 1.16. The quantitative estimate of drug-likeness (QED) is 0.725. The first-order chi connectivity index (χ1) is 9.61. The van der Waals surface area contributed by atoms with Crippen molar-refractivity contribution in [3.05, 3.63) is 23.8 Å². The van der Waals surface area contributed by atoms with E-state index in [0.29, 0.717) is 23.2 Å². The highest BCUT2D eigenvalue weighted by Gasteiger charge is 2.12. The molecular formula is C13H16N4O3. The molecule has 2 rings (SSSR count). The van der Waals surface area contributed by atoms with Crippen molar-refractivity contribution in [2.24, 2.45) is 5.73 Å². The van der Waals surface area contributed by atoms with Crippen molar-refractivity contribution >= 4 is 29.0 Å². The first-order valence-corrected chi connectivity index (χ1v) is 6.34.